The zero-order valence-electron chi connectivity index (χ0n) is 10.5. The fraction of sp³-hybridized carbons (Fsp3) is 0.462. The van der Waals surface area contributed by atoms with Gasteiger partial charge in [0.05, 0.1) is 11.5 Å². The Morgan fingerprint density at radius 2 is 2.11 bits per heavy atom. The number of nitrogens with one attached hydrogen (secondary N) is 1. The maximum absolute atomic E-state index is 12.2. The molecule has 2 heterocycles. The molecule has 2 amide bonds. The van der Waals surface area contributed by atoms with Crippen molar-refractivity contribution < 1.29 is 13.2 Å². The van der Waals surface area contributed by atoms with Crippen molar-refractivity contribution in [2.45, 2.75) is 18.9 Å². The number of nitrogens with zero attached hydrogens (tertiary/aromatic N) is 1. The van der Waals surface area contributed by atoms with Crippen molar-refractivity contribution in [3.05, 3.63) is 29.8 Å². The Bertz CT molecular complexity index is 612. The average molecular weight is 280 g/mol. The van der Waals surface area contributed by atoms with Crippen molar-refractivity contribution in [3.63, 3.8) is 0 Å². The molecule has 1 fully saturated rings. The smallest absolute Gasteiger partial charge is 0.322 e. The van der Waals surface area contributed by atoms with Gasteiger partial charge in [0.1, 0.15) is 0 Å². The monoisotopic (exact) mass is 280 g/mol. The third-order valence-electron chi connectivity index (χ3n) is 3.69. The summed E-state index contributed by atoms with van der Waals surface area (Å²) in [5.41, 5.74) is 2.09. The summed E-state index contributed by atoms with van der Waals surface area (Å²) < 4.78 is 22.8. The highest BCUT2D eigenvalue weighted by atomic mass is 32.2. The number of fused-ring (bicyclic) bond motifs is 1. The molecule has 0 bridgehead atoms. The zero-order valence-corrected chi connectivity index (χ0v) is 11.3. The Kier molecular flexibility index (Phi) is 2.97. The molecule has 1 atom stereocenters. The minimum absolute atomic E-state index is 0.0637. The third kappa shape index (κ3) is 2.45. The van der Waals surface area contributed by atoms with Gasteiger partial charge < -0.3 is 5.32 Å². The number of carbonyl (C=O) groups excluding carboxylic acids is 1. The first-order valence-electron chi connectivity index (χ1n) is 6.41. The van der Waals surface area contributed by atoms with Gasteiger partial charge in [0.2, 0.25) is 0 Å². The Hall–Kier alpha value is -1.56. The van der Waals surface area contributed by atoms with Crippen LogP contribution >= 0.6 is 0 Å². The number of benzene rings is 1. The van der Waals surface area contributed by atoms with Gasteiger partial charge in [-0.1, -0.05) is 18.2 Å². The van der Waals surface area contributed by atoms with Crippen LogP contribution in [0.25, 0.3) is 0 Å². The molecule has 19 heavy (non-hydrogen) atoms. The predicted molar refractivity (Wildman–Crippen MR) is 73.1 cm³/mol. The van der Waals surface area contributed by atoms with Gasteiger partial charge in [0.15, 0.2) is 9.84 Å². The van der Waals surface area contributed by atoms with E-state index in [1.165, 1.54) is 0 Å². The number of sulfone groups is 1. The van der Waals surface area contributed by atoms with Crippen LogP contribution in [0.3, 0.4) is 0 Å². The van der Waals surface area contributed by atoms with E-state index >= 15 is 0 Å². The summed E-state index contributed by atoms with van der Waals surface area (Å²) in [6.07, 6.45) is 1.37. The van der Waals surface area contributed by atoms with Crippen LogP contribution < -0.4 is 10.2 Å². The zero-order chi connectivity index (χ0) is 13.5. The number of hydrogen-bond acceptors (Lipinski definition) is 3. The van der Waals surface area contributed by atoms with Gasteiger partial charge in [-0.3, -0.25) is 4.90 Å². The van der Waals surface area contributed by atoms with Crippen molar-refractivity contribution in [1.82, 2.24) is 5.32 Å². The Morgan fingerprint density at radius 1 is 1.32 bits per heavy atom. The van der Waals surface area contributed by atoms with E-state index in [1.54, 1.807) is 4.90 Å². The van der Waals surface area contributed by atoms with Crippen LogP contribution in [0.15, 0.2) is 24.3 Å². The van der Waals surface area contributed by atoms with Gasteiger partial charge in [-0.2, -0.15) is 0 Å². The van der Waals surface area contributed by atoms with Crippen molar-refractivity contribution in [2.75, 3.05) is 23.0 Å². The fourth-order valence-electron chi connectivity index (χ4n) is 2.71. The van der Waals surface area contributed by atoms with E-state index in [-0.39, 0.29) is 23.6 Å². The number of para-hydroxylation sites is 1. The molecule has 1 N–H and O–H groups in total. The average Bonchev–Trinajstić information content (AvgIpc) is 2.92. The third-order valence-corrected chi connectivity index (χ3v) is 5.46. The van der Waals surface area contributed by atoms with E-state index < -0.39 is 9.84 Å². The van der Waals surface area contributed by atoms with Crippen LogP contribution in [-0.4, -0.2) is 38.5 Å². The normalized spacial score (nSPS) is 24.2. The van der Waals surface area contributed by atoms with Crippen molar-refractivity contribution in [2.24, 2.45) is 0 Å². The van der Waals surface area contributed by atoms with E-state index in [1.807, 2.05) is 24.3 Å². The van der Waals surface area contributed by atoms with Crippen molar-refractivity contribution in [1.29, 1.82) is 0 Å². The lowest BCUT2D eigenvalue weighted by atomic mass is 10.2. The van der Waals surface area contributed by atoms with Gasteiger partial charge in [-0.05, 0) is 24.5 Å². The first-order chi connectivity index (χ1) is 9.05. The molecule has 1 aromatic carbocycles. The number of hydrogen-bond donors (Lipinski definition) is 1. The van der Waals surface area contributed by atoms with Crippen LogP contribution in [-0.2, 0) is 16.3 Å². The van der Waals surface area contributed by atoms with Crippen LogP contribution in [0.1, 0.15) is 12.0 Å². The van der Waals surface area contributed by atoms with Crippen LogP contribution in [0, 0.1) is 0 Å². The summed E-state index contributed by atoms with van der Waals surface area (Å²) in [5.74, 6) is 0.239. The molecule has 0 spiro atoms. The minimum Gasteiger partial charge on any atom is -0.334 e. The lowest BCUT2D eigenvalue weighted by Gasteiger charge is -2.20. The summed E-state index contributed by atoms with van der Waals surface area (Å²) in [5, 5.41) is 2.83. The lowest BCUT2D eigenvalue weighted by Crippen LogP contribution is -2.44. The molecule has 3 rings (SSSR count). The van der Waals surface area contributed by atoms with E-state index in [0.29, 0.717) is 13.0 Å². The summed E-state index contributed by atoms with van der Waals surface area (Å²) in [4.78, 5) is 13.9. The highest BCUT2D eigenvalue weighted by molar-refractivity contribution is 7.91. The molecule has 1 aromatic rings. The van der Waals surface area contributed by atoms with Crippen LogP contribution in [0.4, 0.5) is 10.5 Å². The summed E-state index contributed by atoms with van der Waals surface area (Å²) in [6.45, 7) is 0.657. The van der Waals surface area contributed by atoms with Crippen LogP contribution in [0.2, 0.25) is 0 Å². The number of urea groups is 1. The molecule has 5 nitrogen and oxygen atoms in total. The number of rotatable bonds is 1. The highest BCUT2D eigenvalue weighted by Crippen LogP contribution is 2.27. The van der Waals surface area contributed by atoms with Gasteiger partial charge in [0, 0.05) is 18.3 Å². The Labute approximate surface area is 112 Å². The molecule has 0 radical (unpaired) electrons. The van der Waals surface area contributed by atoms with E-state index in [4.69, 9.17) is 0 Å². The molecule has 2 aliphatic rings. The second kappa shape index (κ2) is 4.52. The highest BCUT2D eigenvalue weighted by Gasteiger charge is 2.31. The van der Waals surface area contributed by atoms with E-state index in [9.17, 15) is 13.2 Å². The Morgan fingerprint density at radius 3 is 2.84 bits per heavy atom. The topological polar surface area (TPSA) is 66.5 Å². The number of anilines is 1. The lowest BCUT2D eigenvalue weighted by molar-refractivity contribution is 0.244. The minimum atomic E-state index is -2.96. The SMILES string of the molecule is O=C(N[C@@H]1CCS(=O)(=O)C1)N1CCc2ccccc21. The van der Waals surface area contributed by atoms with Gasteiger partial charge in [0.25, 0.3) is 0 Å². The summed E-state index contributed by atoms with van der Waals surface area (Å²) in [6, 6.07) is 7.38. The van der Waals surface area contributed by atoms with Gasteiger partial charge in [-0.15, -0.1) is 0 Å². The maximum Gasteiger partial charge on any atom is 0.322 e. The molecule has 0 aliphatic carbocycles. The number of carbonyl (C=O) groups is 1. The molecule has 2 aliphatic heterocycles. The molecule has 1 saturated heterocycles. The fourth-order valence-corrected chi connectivity index (χ4v) is 4.38. The maximum atomic E-state index is 12.2. The van der Waals surface area contributed by atoms with Crippen molar-refractivity contribution >= 4 is 21.6 Å². The molecule has 0 saturated carbocycles. The van der Waals surface area contributed by atoms with Gasteiger partial charge in [-0.25, -0.2) is 13.2 Å². The van der Waals surface area contributed by atoms with Crippen molar-refractivity contribution in [3.8, 4) is 0 Å². The van der Waals surface area contributed by atoms with E-state index in [2.05, 4.69) is 5.32 Å². The molecular formula is C13H16N2O3S. The van der Waals surface area contributed by atoms with Gasteiger partial charge >= 0.3 is 6.03 Å². The van der Waals surface area contributed by atoms with E-state index in [0.717, 1.165) is 17.7 Å². The Balaban J connectivity index is 1.70. The summed E-state index contributed by atoms with van der Waals surface area (Å²) >= 11 is 0. The second-order valence-corrected chi connectivity index (χ2v) is 7.31. The molecular weight excluding hydrogens is 264 g/mol. The number of amides is 2. The first-order valence-corrected chi connectivity index (χ1v) is 8.24. The quantitative estimate of drug-likeness (QED) is 0.832. The molecule has 0 unspecified atom stereocenters. The summed E-state index contributed by atoms with van der Waals surface area (Å²) in [7, 11) is -2.96. The first kappa shape index (κ1) is 12.5. The predicted octanol–water partition coefficient (Wildman–Crippen LogP) is 0.946. The second-order valence-electron chi connectivity index (χ2n) is 5.08. The molecule has 6 heteroatoms. The largest absolute Gasteiger partial charge is 0.334 e. The standard InChI is InChI=1S/C13H16N2O3S/c16-13(14-11-6-8-19(17,18)9-11)15-7-5-10-3-1-2-4-12(10)15/h1-4,11H,5-9H2,(H,14,16)/t11-/m1/s1. The molecule has 0 aromatic heterocycles. The molecule has 102 valence electrons. The van der Waals surface area contributed by atoms with Crippen LogP contribution in [0.5, 0.6) is 0 Å².